The third-order valence-corrected chi connectivity index (χ3v) is 5.42. The number of rotatable bonds is 5. The van der Waals surface area contributed by atoms with E-state index in [4.69, 9.17) is 11.6 Å². The maximum atomic E-state index is 12.8. The SMILES string of the molecule is O=c1n(CC(F)(F)F)nc(Cc2ccccc2Cl)n1CC1CCCCCC1. The predicted octanol–water partition coefficient (Wildman–Crippen LogP) is 4.82. The lowest BCUT2D eigenvalue weighted by Gasteiger charge is -2.15. The van der Waals surface area contributed by atoms with Gasteiger partial charge in [-0.25, -0.2) is 9.48 Å². The molecule has 27 heavy (non-hydrogen) atoms. The number of halogens is 4. The number of hydrogen-bond acceptors (Lipinski definition) is 2. The van der Waals surface area contributed by atoms with Gasteiger partial charge in [0.2, 0.25) is 0 Å². The van der Waals surface area contributed by atoms with Crippen LogP contribution in [-0.4, -0.2) is 20.5 Å². The third kappa shape index (κ3) is 5.37. The summed E-state index contributed by atoms with van der Waals surface area (Å²) in [7, 11) is 0. The van der Waals surface area contributed by atoms with E-state index in [0.717, 1.165) is 31.2 Å². The van der Waals surface area contributed by atoms with Crippen LogP contribution in [0.25, 0.3) is 0 Å². The highest BCUT2D eigenvalue weighted by molar-refractivity contribution is 6.31. The molecule has 1 aliphatic rings. The Balaban J connectivity index is 1.92. The molecule has 0 unspecified atom stereocenters. The minimum Gasteiger partial charge on any atom is -0.278 e. The Bertz CT molecular complexity index is 820. The van der Waals surface area contributed by atoms with E-state index in [-0.39, 0.29) is 6.42 Å². The van der Waals surface area contributed by atoms with E-state index in [1.807, 2.05) is 6.07 Å². The first-order chi connectivity index (χ1) is 12.8. The monoisotopic (exact) mass is 401 g/mol. The molecule has 0 N–H and O–H groups in total. The van der Waals surface area contributed by atoms with Gasteiger partial charge in [0.15, 0.2) is 0 Å². The smallest absolute Gasteiger partial charge is 0.278 e. The molecule has 0 aliphatic heterocycles. The van der Waals surface area contributed by atoms with E-state index in [0.29, 0.717) is 28.0 Å². The van der Waals surface area contributed by atoms with Crippen LogP contribution in [0.2, 0.25) is 5.02 Å². The summed E-state index contributed by atoms with van der Waals surface area (Å²) in [4.78, 5) is 12.6. The summed E-state index contributed by atoms with van der Waals surface area (Å²) in [5.41, 5.74) is 0.0454. The van der Waals surface area contributed by atoms with Crippen LogP contribution in [0.4, 0.5) is 13.2 Å². The Morgan fingerprint density at radius 2 is 1.78 bits per heavy atom. The van der Waals surface area contributed by atoms with E-state index >= 15 is 0 Å². The van der Waals surface area contributed by atoms with Gasteiger partial charge < -0.3 is 0 Å². The average Bonchev–Trinajstić information content (AvgIpc) is 2.79. The van der Waals surface area contributed by atoms with Crippen LogP contribution in [-0.2, 0) is 19.5 Å². The normalized spacial score (nSPS) is 16.4. The van der Waals surface area contributed by atoms with Crippen molar-refractivity contribution < 1.29 is 13.2 Å². The fourth-order valence-corrected chi connectivity index (χ4v) is 3.89. The van der Waals surface area contributed by atoms with Crippen molar-refractivity contribution in [1.29, 1.82) is 0 Å². The third-order valence-electron chi connectivity index (χ3n) is 5.05. The van der Waals surface area contributed by atoms with Crippen molar-refractivity contribution in [3.8, 4) is 0 Å². The van der Waals surface area contributed by atoms with Crippen LogP contribution in [0.15, 0.2) is 29.1 Å². The molecule has 8 heteroatoms. The molecular formula is C19H23ClF3N3O. The summed E-state index contributed by atoms with van der Waals surface area (Å²) >= 11 is 6.19. The number of hydrogen-bond donors (Lipinski definition) is 0. The molecule has 4 nitrogen and oxygen atoms in total. The zero-order valence-electron chi connectivity index (χ0n) is 15.0. The standard InChI is InChI=1S/C19H23ClF3N3O/c20-16-10-6-5-9-15(16)11-17-24-26(13-19(21,22)23)18(27)25(17)12-14-7-3-1-2-4-8-14/h5-6,9-10,14H,1-4,7-8,11-13H2. The second-order valence-corrected chi connectivity index (χ2v) is 7.62. The van der Waals surface area contributed by atoms with E-state index in [9.17, 15) is 18.0 Å². The largest absolute Gasteiger partial charge is 0.408 e. The van der Waals surface area contributed by atoms with E-state index in [1.165, 1.54) is 17.4 Å². The van der Waals surface area contributed by atoms with E-state index in [2.05, 4.69) is 5.10 Å². The highest BCUT2D eigenvalue weighted by atomic mass is 35.5. The summed E-state index contributed by atoms with van der Waals surface area (Å²) in [5, 5.41) is 4.52. The summed E-state index contributed by atoms with van der Waals surface area (Å²) in [6.45, 7) is -0.963. The van der Waals surface area contributed by atoms with Crippen LogP contribution in [0.5, 0.6) is 0 Å². The molecule has 0 bridgehead atoms. The lowest BCUT2D eigenvalue weighted by Crippen LogP contribution is -2.32. The van der Waals surface area contributed by atoms with Crippen molar-refractivity contribution >= 4 is 11.6 Å². The van der Waals surface area contributed by atoms with Gasteiger partial charge in [0.25, 0.3) is 0 Å². The maximum absolute atomic E-state index is 12.8. The minimum absolute atomic E-state index is 0.229. The molecule has 1 aromatic carbocycles. The molecule has 0 amide bonds. The van der Waals surface area contributed by atoms with Gasteiger partial charge >= 0.3 is 11.9 Å². The number of nitrogens with zero attached hydrogens (tertiary/aromatic N) is 3. The van der Waals surface area contributed by atoms with Crippen molar-refractivity contribution in [3.05, 3.63) is 51.2 Å². The van der Waals surface area contributed by atoms with Crippen LogP contribution >= 0.6 is 11.6 Å². The molecule has 2 aromatic rings. The van der Waals surface area contributed by atoms with Gasteiger partial charge in [0.05, 0.1) is 0 Å². The van der Waals surface area contributed by atoms with Crippen LogP contribution in [0, 0.1) is 5.92 Å². The quantitative estimate of drug-likeness (QED) is 0.674. The topological polar surface area (TPSA) is 39.8 Å². The molecule has 3 rings (SSSR count). The zero-order chi connectivity index (χ0) is 19.4. The Morgan fingerprint density at radius 1 is 1.11 bits per heavy atom. The Hall–Kier alpha value is -1.76. The lowest BCUT2D eigenvalue weighted by atomic mass is 10.0. The molecular weight excluding hydrogens is 379 g/mol. The number of benzene rings is 1. The van der Waals surface area contributed by atoms with Crippen molar-refractivity contribution in [2.24, 2.45) is 5.92 Å². The van der Waals surface area contributed by atoms with Crippen molar-refractivity contribution in [2.75, 3.05) is 0 Å². The zero-order valence-corrected chi connectivity index (χ0v) is 15.8. The molecule has 0 radical (unpaired) electrons. The van der Waals surface area contributed by atoms with Gasteiger partial charge in [-0.2, -0.15) is 18.3 Å². The molecule has 1 heterocycles. The number of alkyl halides is 3. The average molecular weight is 402 g/mol. The van der Waals surface area contributed by atoms with Crippen LogP contribution in [0.3, 0.4) is 0 Å². The van der Waals surface area contributed by atoms with E-state index < -0.39 is 18.4 Å². The Morgan fingerprint density at radius 3 is 2.41 bits per heavy atom. The first-order valence-electron chi connectivity index (χ1n) is 9.30. The van der Waals surface area contributed by atoms with Gasteiger partial charge in [-0.3, -0.25) is 4.57 Å². The van der Waals surface area contributed by atoms with Crippen LogP contribution in [0.1, 0.15) is 49.9 Å². The van der Waals surface area contributed by atoms with Crippen molar-refractivity contribution in [3.63, 3.8) is 0 Å². The van der Waals surface area contributed by atoms with E-state index in [1.54, 1.807) is 18.2 Å². The molecule has 0 spiro atoms. The summed E-state index contributed by atoms with van der Waals surface area (Å²) < 4.78 is 40.5. The van der Waals surface area contributed by atoms with Gasteiger partial charge in [0, 0.05) is 18.0 Å². The van der Waals surface area contributed by atoms with Gasteiger partial charge in [-0.1, -0.05) is 55.5 Å². The molecule has 1 aromatic heterocycles. The van der Waals surface area contributed by atoms with Gasteiger partial charge in [0.1, 0.15) is 12.4 Å². The minimum atomic E-state index is -4.49. The summed E-state index contributed by atoms with van der Waals surface area (Å²) in [6.07, 6.45) is 2.24. The fraction of sp³-hybridized carbons (Fsp3) is 0.579. The fourth-order valence-electron chi connectivity index (χ4n) is 3.69. The molecule has 1 fully saturated rings. The highest BCUT2D eigenvalue weighted by Crippen LogP contribution is 2.25. The highest BCUT2D eigenvalue weighted by Gasteiger charge is 2.31. The molecule has 148 valence electrons. The first kappa shape index (κ1) is 20.0. The van der Waals surface area contributed by atoms with Crippen molar-refractivity contribution in [2.45, 2.75) is 64.2 Å². The predicted molar refractivity (Wildman–Crippen MR) is 98.0 cm³/mol. The maximum Gasteiger partial charge on any atom is 0.408 e. The van der Waals surface area contributed by atoms with Gasteiger partial charge in [-0.15, -0.1) is 0 Å². The second-order valence-electron chi connectivity index (χ2n) is 7.21. The van der Waals surface area contributed by atoms with Crippen molar-refractivity contribution in [1.82, 2.24) is 14.3 Å². The second kappa shape index (κ2) is 8.50. The Labute approximate surface area is 160 Å². The molecule has 0 atom stereocenters. The van der Waals surface area contributed by atoms with Gasteiger partial charge in [-0.05, 0) is 30.4 Å². The molecule has 1 aliphatic carbocycles. The Kier molecular flexibility index (Phi) is 6.29. The summed E-state index contributed by atoms with van der Waals surface area (Å²) in [5.74, 6) is 0.625. The number of aromatic nitrogens is 3. The molecule has 0 saturated heterocycles. The molecule has 1 saturated carbocycles. The first-order valence-corrected chi connectivity index (χ1v) is 9.68. The van der Waals surface area contributed by atoms with Crippen LogP contribution < -0.4 is 5.69 Å². The summed E-state index contributed by atoms with van der Waals surface area (Å²) in [6, 6.07) is 7.11. The lowest BCUT2D eigenvalue weighted by molar-refractivity contribution is -0.143.